The van der Waals surface area contributed by atoms with Gasteiger partial charge in [-0.1, -0.05) is 53.4 Å². The number of thioether (sulfide) groups is 1. The quantitative estimate of drug-likeness (QED) is 0.860. The van der Waals surface area contributed by atoms with Gasteiger partial charge in [-0.15, -0.1) is 10.2 Å². The van der Waals surface area contributed by atoms with Crippen LogP contribution in [0.1, 0.15) is 10.8 Å². The fourth-order valence-corrected chi connectivity index (χ4v) is 3.63. The topological polar surface area (TPSA) is 58.1 Å². The lowest BCUT2D eigenvalue weighted by Crippen LogP contribution is -2.26. The maximum atomic E-state index is 12.4. The van der Waals surface area contributed by atoms with Crippen LogP contribution in [0.15, 0.2) is 34.7 Å². The molecule has 0 saturated carbocycles. The van der Waals surface area contributed by atoms with Crippen molar-refractivity contribution in [3.05, 3.63) is 35.9 Å². The molecule has 1 heterocycles. The molecule has 2 aromatic rings. The summed E-state index contributed by atoms with van der Waals surface area (Å²) in [5.74, 6) is 0.0439. The Labute approximate surface area is 126 Å². The minimum absolute atomic E-state index is 0.0439. The molecule has 0 radical (unpaired) electrons. The number of anilines is 1. The smallest absolute Gasteiger partial charge is 0.240 e. The molecule has 0 aliphatic carbocycles. The average molecular weight is 308 g/mol. The predicted molar refractivity (Wildman–Crippen MR) is 83.2 cm³/mol. The Morgan fingerprint density at radius 1 is 1.30 bits per heavy atom. The van der Waals surface area contributed by atoms with Gasteiger partial charge in [0, 0.05) is 21.1 Å². The maximum absolute atomic E-state index is 12.4. The van der Waals surface area contributed by atoms with Crippen LogP contribution >= 0.6 is 23.1 Å². The van der Waals surface area contributed by atoms with E-state index in [1.54, 1.807) is 26.0 Å². The first-order chi connectivity index (χ1) is 9.61. The molecule has 2 rings (SSSR count). The zero-order valence-electron chi connectivity index (χ0n) is 11.5. The molecule has 1 aromatic carbocycles. The van der Waals surface area contributed by atoms with Crippen LogP contribution in [-0.2, 0) is 4.79 Å². The molecule has 0 aliphatic rings. The number of aromatic nitrogens is 2. The van der Waals surface area contributed by atoms with Gasteiger partial charge in [0.25, 0.3) is 0 Å². The summed E-state index contributed by atoms with van der Waals surface area (Å²) in [6, 6.07) is 9.73. The zero-order chi connectivity index (χ0) is 14.5. The Hall–Kier alpha value is -1.60. The van der Waals surface area contributed by atoms with Crippen LogP contribution in [0.25, 0.3) is 0 Å². The van der Waals surface area contributed by atoms with Gasteiger partial charge >= 0.3 is 0 Å². The number of likely N-dealkylation sites (N-methyl/N-ethyl adjacent to an activating group) is 1. The first-order valence-electron chi connectivity index (χ1n) is 6.06. The van der Waals surface area contributed by atoms with E-state index in [0.29, 0.717) is 0 Å². The molecular weight excluding hydrogens is 292 g/mol. The molecule has 5 nitrogen and oxygen atoms in total. The molecule has 0 unspecified atom stereocenters. The number of carbonyl (C=O) groups is 1. The number of benzene rings is 1. The highest BCUT2D eigenvalue weighted by atomic mass is 32.2. The lowest BCUT2D eigenvalue weighted by molar-refractivity contribution is -0.128. The van der Waals surface area contributed by atoms with Crippen molar-refractivity contribution >= 4 is 34.1 Å². The van der Waals surface area contributed by atoms with Crippen molar-refractivity contribution in [2.24, 2.45) is 0 Å². The van der Waals surface area contributed by atoms with Crippen LogP contribution in [0.4, 0.5) is 5.13 Å². The molecule has 0 spiro atoms. The lowest BCUT2D eigenvalue weighted by atomic mass is 10.1. The van der Waals surface area contributed by atoms with E-state index < -0.39 is 0 Å². The van der Waals surface area contributed by atoms with Gasteiger partial charge in [0.1, 0.15) is 5.25 Å². The molecule has 0 bridgehead atoms. The highest BCUT2D eigenvalue weighted by molar-refractivity contribution is 8.01. The van der Waals surface area contributed by atoms with Gasteiger partial charge in [0.2, 0.25) is 11.0 Å². The highest BCUT2D eigenvalue weighted by Crippen LogP contribution is 2.38. The highest BCUT2D eigenvalue weighted by Gasteiger charge is 2.25. The van der Waals surface area contributed by atoms with Crippen molar-refractivity contribution < 1.29 is 4.79 Å². The fraction of sp³-hybridized carbons (Fsp3) is 0.308. The summed E-state index contributed by atoms with van der Waals surface area (Å²) in [5, 5.41) is 11.5. The van der Waals surface area contributed by atoms with E-state index in [1.807, 2.05) is 30.3 Å². The van der Waals surface area contributed by atoms with E-state index >= 15 is 0 Å². The Bertz CT molecular complexity index is 571. The molecule has 0 fully saturated rings. The molecule has 106 valence electrons. The van der Waals surface area contributed by atoms with Crippen molar-refractivity contribution in [3.8, 4) is 0 Å². The average Bonchev–Trinajstić information content (AvgIpc) is 2.92. The van der Waals surface area contributed by atoms with Crippen LogP contribution in [0.5, 0.6) is 0 Å². The van der Waals surface area contributed by atoms with E-state index in [9.17, 15) is 4.79 Å². The zero-order valence-corrected chi connectivity index (χ0v) is 13.2. The second kappa shape index (κ2) is 6.71. The normalized spacial score (nSPS) is 11.9. The second-order valence-corrected chi connectivity index (χ2v) is 6.59. The third kappa shape index (κ3) is 3.49. The van der Waals surface area contributed by atoms with Crippen molar-refractivity contribution in [1.29, 1.82) is 0 Å². The number of amides is 1. The summed E-state index contributed by atoms with van der Waals surface area (Å²) in [4.78, 5) is 14.0. The second-order valence-electron chi connectivity index (χ2n) is 4.26. The van der Waals surface area contributed by atoms with Crippen LogP contribution in [0, 0.1) is 0 Å². The lowest BCUT2D eigenvalue weighted by Gasteiger charge is -2.19. The Balaban J connectivity index is 2.25. The van der Waals surface area contributed by atoms with Gasteiger partial charge in [0.05, 0.1) is 0 Å². The van der Waals surface area contributed by atoms with Gasteiger partial charge in [0.15, 0.2) is 4.34 Å². The Kier molecular flexibility index (Phi) is 4.97. The molecule has 0 saturated heterocycles. The van der Waals surface area contributed by atoms with Crippen LogP contribution in [-0.4, -0.2) is 42.1 Å². The third-order valence-electron chi connectivity index (χ3n) is 2.61. The SMILES string of the molecule is CNc1nnc(S[C@@H](C(=O)N(C)C)c2ccccc2)s1. The minimum atomic E-state index is -0.302. The number of rotatable bonds is 5. The Morgan fingerprint density at radius 3 is 2.55 bits per heavy atom. The van der Waals surface area contributed by atoms with E-state index in [4.69, 9.17) is 0 Å². The van der Waals surface area contributed by atoms with E-state index in [0.717, 1.165) is 15.0 Å². The molecule has 20 heavy (non-hydrogen) atoms. The van der Waals surface area contributed by atoms with Crippen LogP contribution < -0.4 is 5.32 Å². The largest absolute Gasteiger partial charge is 0.363 e. The Morgan fingerprint density at radius 2 is 2.00 bits per heavy atom. The minimum Gasteiger partial charge on any atom is -0.363 e. The van der Waals surface area contributed by atoms with Gasteiger partial charge in [-0.3, -0.25) is 4.79 Å². The molecule has 0 aliphatic heterocycles. The van der Waals surface area contributed by atoms with E-state index in [1.165, 1.54) is 23.1 Å². The number of nitrogens with zero attached hydrogens (tertiary/aromatic N) is 3. The van der Waals surface area contributed by atoms with Crippen LogP contribution in [0.3, 0.4) is 0 Å². The summed E-state index contributed by atoms with van der Waals surface area (Å²) in [6.07, 6.45) is 0. The third-order valence-corrected chi connectivity index (χ3v) is 4.87. The van der Waals surface area contributed by atoms with Crippen LogP contribution in [0.2, 0.25) is 0 Å². The number of nitrogens with one attached hydrogen (secondary N) is 1. The number of hydrogen-bond donors (Lipinski definition) is 1. The van der Waals surface area contributed by atoms with Crippen molar-refractivity contribution in [2.45, 2.75) is 9.59 Å². The summed E-state index contributed by atoms with van der Waals surface area (Å²) in [6.45, 7) is 0. The molecule has 1 aromatic heterocycles. The molecule has 1 atom stereocenters. The molecular formula is C13H16N4OS2. The molecule has 1 N–H and O–H groups in total. The molecule has 7 heteroatoms. The summed E-state index contributed by atoms with van der Waals surface area (Å²) < 4.78 is 0.776. The standard InChI is InChI=1S/C13H16N4OS2/c1-14-12-15-16-13(20-12)19-10(11(18)17(2)3)9-7-5-4-6-8-9/h4-8,10H,1-3H3,(H,14,15)/t10-/m1/s1. The van der Waals surface area contributed by atoms with Crippen molar-refractivity contribution in [3.63, 3.8) is 0 Å². The maximum Gasteiger partial charge on any atom is 0.240 e. The number of hydrogen-bond acceptors (Lipinski definition) is 6. The van der Waals surface area contributed by atoms with E-state index in [-0.39, 0.29) is 11.2 Å². The first-order valence-corrected chi connectivity index (χ1v) is 7.75. The fourth-order valence-electron chi connectivity index (χ4n) is 1.58. The van der Waals surface area contributed by atoms with Gasteiger partial charge in [-0.2, -0.15) is 0 Å². The van der Waals surface area contributed by atoms with E-state index in [2.05, 4.69) is 15.5 Å². The predicted octanol–water partition coefficient (Wildman–Crippen LogP) is 2.50. The van der Waals surface area contributed by atoms with Gasteiger partial charge in [-0.05, 0) is 5.56 Å². The van der Waals surface area contributed by atoms with Crippen molar-refractivity contribution in [1.82, 2.24) is 15.1 Å². The van der Waals surface area contributed by atoms with Gasteiger partial charge < -0.3 is 10.2 Å². The van der Waals surface area contributed by atoms with Crippen molar-refractivity contribution in [2.75, 3.05) is 26.5 Å². The summed E-state index contributed by atoms with van der Waals surface area (Å²) in [5.41, 5.74) is 0.970. The molecule has 1 amide bonds. The van der Waals surface area contributed by atoms with Gasteiger partial charge in [-0.25, -0.2) is 0 Å². The summed E-state index contributed by atoms with van der Waals surface area (Å²) >= 11 is 2.87. The number of carbonyl (C=O) groups excluding carboxylic acids is 1. The summed E-state index contributed by atoms with van der Waals surface area (Å²) in [7, 11) is 5.32. The first kappa shape index (κ1) is 14.8. The monoisotopic (exact) mass is 308 g/mol.